The second kappa shape index (κ2) is 9.57. The number of imidazole rings is 1. The lowest BCUT2D eigenvalue weighted by Gasteiger charge is -2.44. The van der Waals surface area contributed by atoms with Crippen LogP contribution >= 0.6 is 0 Å². The number of carbonyl (C=O) groups excluding carboxylic acids is 2. The van der Waals surface area contributed by atoms with E-state index in [-0.39, 0.29) is 30.0 Å². The molecule has 0 radical (unpaired) electrons. The molecule has 3 atom stereocenters. The molecule has 2 amide bonds. The summed E-state index contributed by atoms with van der Waals surface area (Å²) < 4.78 is 29.9. The van der Waals surface area contributed by atoms with Crippen molar-refractivity contribution in [3.8, 4) is 0 Å². The van der Waals surface area contributed by atoms with E-state index in [0.717, 1.165) is 31.9 Å². The molecular weight excluding hydrogens is 466 g/mol. The highest BCUT2D eigenvalue weighted by molar-refractivity contribution is 5.98. The van der Waals surface area contributed by atoms with Gasteiger partial charge in [0.15, 0.2) is 5.69 Å². The van der Waals surface area contributed by atoms with E-state index in [0.29, 0.717) is 24.0 Å². The number of amides is 2. The number of nitrogens with one attached hydrogen (secondary N) is 1. The Bertz CT molecular complexity index is 1280. The molecule has 0 aliphatic carbocycles. The molecule has 2 aromatic heterocycles. The van der Waals surface area contributed by atoms with Crippen molar-refractivity contribution < 1.29 is 18.4 Å². The van der Waals surface area contributed by atoms with Gasteiger partial charge < -0.3 is 14.6 Å². The lowest BCUT2D eigenvalue weighted by Crippen LogP contribution is -2.62. The van der Waals surface area contributed by atoms with Gasteiger partial charge in [0.2, 0.25) is 5.91 Å². The maximum Gasteiger partial charge on any atom is 0.274 e. The molecule has 1 aromatic carbocycles. The minimum atomic E-state index is -0.687. The van der Waals surface area contributed by atoms with Gasteiger partial charge in [0.25, 0.3) is 5.91 Å². The second-order valence-corrected chi connectivity index (χ2v) is 10.0. The van der Waals surface area contributed by atoms with Crippen LogP contribution in [0.2, 0.25) is 0 Å². The maximum absolute atomic E-state index is 14.1. The molecule has 2 fully saturated rings. The van der Waals surface area contributed by atoms with Crippen LogP contribution in [0, 0.1) is 11.6 Å². The normalized spacial score (nSPS) is 25.2. The fraction of sp³-hybridized carbons (Fsp3) is 0.462. The Morgan fingerprint density at radius 1 is 1.14 bits per heavy atom. The Morgan fingerprint density at radius 3 is 2.67 bits per heavy atom. The number of halogens is 2. The van der Waals surface area contributed by atoms with Gasteiger partial charge >= 0.3 is 0 Å². The summed E-state index contributed by atoms with van der Waals surface area (Å²) in [6, 6.07) is 2.94. The van der Waals surface area contributed by atoms with Crippen molar-refractivity contribution in [2.75, 3.05) is 26.7 Å². The largest absolute Gasteiger partial charge is 0.349 e. The number of fused-ring (bicyclic) bond motifs is 1. The quantitative estimate of drug-likeness (QED) is 0.601. The first-order valence-corrected chi connectivity index (χ1v) is 12.3. The van der Waals surface area contributed by atoms with Gasteiger partial charge in [0, 0.05) is 37.5 Å². The summed E-state index contributed by atoms with van der Waals surface area (Å²) in [5.41, 5.74) is 0.652. The fourth-order valence-electron chi connectivity index (χ4n) is 5.50. The summed E-state index contributed by atoms with van der Waals surface area (Å²) in [5, 5.41) is 3.16. The fourth-order valence-corrected chi connectivity index (χ4v) is 5.50. The van der Waals surface area contributed by atoms with Crippen molar-refractivity contribution in [3.05, 3.63) is 66.0 Å². The van der Waals surface area contributed by atoms with Crippen LogP contribution in [0.4, 0.5) is 8.78 Å². The van der Waals surface area contributed by atoms with Crippen LogP contribution in [0.5, 0.6) is 0 Å². The predicted octanol–water partition coefficient (Wildman–Crippen LogP) is 3.00. The van der Waals surface area contributed by atoms with Gasteiger partial charge in [-0.2, -0.15) is 0 Å². The molecule has 2 aliphatic heterocycles. The van der Waals surface area contributed by atoms with Crippen molar-refractivity contribution in [1.29, 1.82) is 0 Å². The van der Waals surface area contributed by atoms with Gasteiger partial charge in [-0.25, -0.2) is 18.7 Å². The monoisotopic (exact) mass is 496 g/mol. The third-order valence-corrected chi connectivity index (χ3v) is 7.81. The van der Waals surface area contributed by atoms with E-state index in [9.17, 15) is 18.4 Å². The zero-order chi connectivity index (χ0) is 25.4. The molecule has 2 saturated heterocycles. The average Bonchev–Trinajstić information content (AvgIpc) is 3.34. The van der Waals surface area contributed by atoms with Crippen molar-refractivity contribution in [1.82, 2.24) is 29.5 Å². The van der Waals surface area contributed by atoms with Crippen LogP contribution in [-0.4, -0.2) is 74.2 Å². The van der Waals surface area contributed by atoms with Crippen LogP contribution < -0.4 is 5.32 Å². The highest BCUT2D eigenvalue weighted by Gasteiger charge is 2.42. The van der Waals surface area contributed by atoms with Crippen molar-refractivity contribution in [2.45, 2.75) is 50.1 Å². The Morgan fingerprint density at radius 2 is 1.92 bits per heavy atom. The topological polar surface area (TPSA) is 82.8 Å². The van der Waals surface area contributed by atoms with Gasteiger partial charge in [-0.15, -0.1) is 0 Å². The lowest BCUT2D eigenvalue weighted by atomic mass is 9.83. The summed E-state index contributed by atoms with van der Waals surface area (Å²) in [4.78, 5) is 39.2. The number of hydrogen-bond donors (Lipinski definition) is 1. The zero-order valence-electron chi connectivity index (χ0n) is 20.5. The van der Waals surface area contributed by atoms with Gasteiger partial charge in [-0.3, -0.25) is 14.5 Å². The predicted molar refractivity (Wildman–Crippen MR) is 129 cm³/mol. The van der Waals surface area contributed by atoms with Crippen molar-refractivity contribution in [2.24, 2.45) is 0 Å². The molecule has 190 valence electrons. The molecule has 0 bridgehead atoms. The van der Waals surface area contributed by atoms with Gasteiger partial charge in [0.05, 0.1) is 29.6 Å². The number of benzene rings is 1. The molecule has 10 heteroatoms. The van der Waals surface area contributed by atoms with Gasteiger partial charge in [-0.1, -0.05) is 0 Å². The Labute approximate surface area is 208 Å². The minimum absolute atomic E-state index is 0.137. The van der Waals surface area contributed by atoms with E-state index in [4.69, 9.17) is 0 Å². The average molecular weight is 497 g/mol. The van der Waals surface area contributed by atoms with E-state index in [1.165, 1.54) is 12.1 Å². The van der Waals surface area contributed by atoms with E-state index >= 15 is 0 Å². The van der Waals surface area contributed by atoms with E-state index in [1.807, 2.05) is 14.0 Å². The van der Waals surface area contributed by atoms with Gasteiger partial charge in [-0.05, 0) is 63.9 Å². The molecule has 0 unspecified atom stereocenters. The van der Waals surface area contributed by atoms with Crippen LogP contribution in [0.15, 0.2) is 43.1 Å². The van der Waals surface area contributed by atoms with Gasteiger partial charge in [0.1, 0.15) is 11.6 Å². The Kier molecular flexibility index (Phi) is 6.46. The molecule has 0 spiro atoms. The highest BCUT2D eigenvalue weighted by Crippen LogP contribution is 2.32. The second-order valence-electron chi connectivity index (χ2n) is 10.0. The third kappa shape index (κ3) is 4.45. The number of hydrogen-bond acceptors (Lipinski definition) is 5. The summed E-state index contributed by atoms with van der Waals surface area (Å²) in [6.07, 6.45) is 9.58. The van der Waals surface area contributed by atoms with E-state index < -0.39 is 23.2 Å². The standard InChI is InChI=1S/C26H30F2N6O2/c1-26(6-3-4-8-32(26)2)25(36)31-21-15-33(9-5-20(21)17-11-18(27)13-19(28)12-17)24(35)23-22-14-29-16-34(22)10-7-30-23/h7,10-14,16,20-21H,3-6,8-9,15H2,1-2H3,(H,31,36)/t20-,21+,26+/m0/s1. The van der Waals surface area contributed by atoms with Crippen LogP contribution in [-0.2, 0) is 4.79 Å². The van der Waals surface area contributed by atoms with E-state index in [1.54, 1.807) is 34.2 Å². The molecule has 3 aromatic rings. The molecule has 1 N–H and O–H groups in total. The zero-order valence-corrected chi connectivity index (χ0v) is 20.5. The molecule has 36 heavy (non-hydrogen) atoms. The smallest absolute Gasteiger partial charge is 0.274 e. The number of carbonyl (C=O) groups is 2. The SMILES string of the molecule is CN1CCCC[C@]1(C)C(=O)N[C@@H]1CN(C(=O)c2nccn3cncc23)CC[C@H]1c1cc(F)cc(F)c1. The third-order valence-electron chi connectivity index (χ3n) is 7.81. The summed E-state index contributed by atoms with van der Waals surface area (Å²) in [6.45, 7) is 3.30. The Balaban J connectivity index is 1.44. The number of rotatable bonds is 4. The molecule has 4 heterocycles. The van der Waals surface area contributed by atoms with Crippen molar-refractivity contribution >= 4 is 17.3 Å². The first kappa shape index (κ1) is 24.3. The van der Waals surface area contributed by atoms with Crippen molar-refractivity contribution in [3.63, 3.8) is 0 Å². The first-order chi connectivity index (χ1) is 17.3. The number of likely N-dealkylation sites (N-methyl/N-ethyl adjacent to an activating group) is 1. The van der Waals surface area contributed by atoms with E-state index in [2.05, 4.69) is 20.2 Å². The summed E-state index contributed by atoms with van der Waals surface area (Å²) >= 11 is 0. The first-order valence-electron chi connectivity index (χ1n) is 12.3. The minimum Gasteiger partial charge on any atom is -0.349 e. The summed E-state index contributed by atoms with van der Waals surface area (Å²) in [5.74, 6) is -2.08. The maximum atomic E-state index is 14.1. The molecule has 8 nitrogen and oxygen atoms in total. The van der Waals surface area contributed by atoms with Crippen LogP contribution in [0.25, 0.3) is 5.52 Å². The lowest BCUT2D eigenvalue weighted by molar-refractivity contribution is -0.135. The molecule has 5 rings (SSSR count). The van der Waals surface area contributed by atoms with Crippen LogP contribution in [0.3, 0.4) is 0 Å². The highest BCUT2D eigenvalue weighted by atomic mass is 19.1. The summed E-state index contributed by atoms with van der Waals surface area (Å²) in [7, 11) is 1.94. The molecule has 0 saturated carbocycles. The number of nitrogens with zero attached hydrogens (tertiary/aromatic N) is 5. The van der Waals surface area contributed by atoms with Crippen LogP contribution in [0.1, 0.15) is 54.6 Å². The number of aromatic nitrogens is 3. The Hall–Kier alpha value is -3.40. The number of likely N-dealkylation sites (tertiary alicyclic amines) is 2. The number of piperidine rings is 2. The molecular formula is C26H30F2N6O2. The molecule has 2 aliphatic rings.